The molecule has 3 N–H and O–H groups in total. The van der Waals surface area contributed by atoms with Crippen LogP contribution in [0.1, 0.15) is 11.1 Å². The third kappa shape index (κ3) is 6.15. The highest BCUT2D eigenvalue weighted by Gasteiger charge is 2.37. The summed E-state index contributed by atoms with van der Waals surface area (Å²) < 4.78 is 46.4. The van der Waals surface area contributed by atoms with Crippen molar-refractivity contribution in [3.63, 3.8) is 0 Å². The molecule has 11 heteroatoms. The molecule has 2 aromatic carbocycles. The topological polar surface area (TPSA) is 76.3 Å². The highest BCUT2D eigenvalue weighted by atomic mass is 35.5. The van der Waals surface area contributed by atoms with Gasteiger partial charge in [-0.3, -0.25) is 0 Å². The fourth-order valence-corrected chi connectivity index (χ4v) is 3.18. The van der Waals surface area contributed by atoms with Crippen LogP contribution in [0.25, 0.3) is 0 Å². The van der Waals surface area contributed by atoms with Gasteiger partial charge in [-0.1, -0.05) is 35.3 Å². The number of anilines is 4. The SMILES string of the molecule is COCCN(Cc1ccc(N)cc1)c1nc(Nc2ccc(Cl)c(Cl)c2)ncc1C(F)(F)F. The van der Waals surface area contributed by atoms with Gasteiger partial charge in [0.2, 0.25) is 5.95 Å². The minimum absolute atomic E-state index is 0.0221. The molecular weight excluding hydrogens is 466 g/mol. The fourth-order valence-electron chi connectivity index (χ4n) is 2.88. The summed E-state index contributed by atoms with van der Waals surface area (Å²) in [4.78, 5) is 9.51. The monoisotopic (exact) mass is 485 g/mol. The number of rotatable bonds is 8. The molecule has 0 spiro atoms. The molecule has 0 aliphatic heterocycles. The Hall–Kier alpha value is -2.75. The van der Waals surface area contributed by atoms with E-state index in [9.17, 15) is 13.2 Å². The number of nitrogens with two attached hydrogens (primary N) is 1. The summed E-state index contributed by atoms with van der Waals surface area (Å²) in [6.07, 6.45) is -3.89. The van der Waals surface area contributed by atoms with E-state index in [0.717, 1.165) is 11.8 Å². The summed E-state index contributed by atoms with van der Waals surface area (Å²) in [6, 6.07) is 11.6. The normalized spacial score (nSPS) is 11.4. The number of hydrogen-bond donors (Lipinski definition) is 2. The second-order valence-corrected chi connectivity index (χ2v) is 7.65. The smallest absolute Gasteiger partial charge is 0.399 e. The molecule has 170 valence electrons. The Kier molecular flexibility index (Phi) is 7.65. The number of methoxy groups -OCH3 is 1. The van der Waals surface area contributed by atoms with Crippen molar-refractivity contribution in [1.82, 2.24) is 9.97 Å². The van der Waals surface area contributed by atoms with Gasteiger partial charge in [-0.2, -0.15) is 18.2 Å². The van der Waals surface area contributed by atoms with Crippen LogP contribution < -0.4 is 16.0 Å². The molecule has 3 rings (SSSR count). The second kappa shape index (κ2) is 10.2. The molecular formula is C21H20Cl2F3N5O. The Morgan fingerprint density at radius 2 is 1.81 bits per heavy atom. The highest BCUT2D eigenvalue weighted by Crippen LogP contribution is 2.36. The number of ether oxygens (including phenoxy) is 1. The van der Waals surface area contributed by atoms with Crippen molar-refractivity contribution in [1.29, 1.82) is 0 Å². The zero-order valence-corrected chi connectivity index (χ0v) is 18.5. The number of halogens is 5. The molecule has 3 aromatic rings. The van der Waals surface area contributed by atoms with Crippen molar-refractivity contribution in [2.45, 2.75) is 12.7 Å². The van der Waals surface area contributed by atoms with Gasteiger partial charge in [-0.15, -0.1) is 0 Å². The molecule has 0 fully saturated rings. The first kappa shape index (κ1) is 23.9. The van der Waals surface area contributed by atoms with Crippen LogP contribution in [0.2, 0.25) is 10.0 Å². The molecule has 6 nitrogen and oxygen atoms in total. The van der Waals surface area contributed by atoms with Gasteiger partial charge >= 0.3 is 6.18 Å². The molecule has 0 unspecified atom stereocenters. The molecule has 0 amide bonds. The molecule has 0 radical (unpaired) electrons. The van der Waals surface area contributed by atoms with E-state index >= 15 is 0 Å². The lowest BCUT2D eigenvalue weighted by molar-refractivity contribution is -0.137. The predicted octanol–water partition coefficient (Wildman–Crippen LogP) is 5.78. The maximum absolute atomic E-state index is 13.8. The third-order valence-corrected chi connectivity index (χ3v) is 5.21. The molecule has 1 aromatic heterocycles. The molecule has 0 bridgehead atoms. The van der Waals surface area contributed by atoms with Crippen molar-refractivity contribution >= 4 is 46.3 Å². The van der Waals surface area contributed by atoms with E-state index in [1.807, 2.05) is 0 Å². The Morgan fingerprint density at radius 3 is 2.44 bits per heavy atom. The van der Waals surface area contributed by atoms with Gasteiger partial charge in [-0.25, -0.2) is 4.98 Å². The summed E-state index contributed by atoms with van der Waals surface area (Å²) in [5.74, 6) is -0.296. The minimum atomic E-state index is -4.65. The first-order chi connectivity index (χ1) is 15.2. The zero-order chi connectivity index (χ0) is 23.3. The van der Waals surface area contributed by atoms with Crippen LogP contribution in [0.5, 0.6) is 0 Å². The van der Waals surface area contributed by atoms with Crippen molar-refractivity contribution in [3.8, 4) is 0 Å². The maximum Gasteiger partial charge on any atom is 0.421 e. The average molecular weight is 486 g/mol. The molecule has 0 saturated heterocycles. The molecule has 32 heavy (non-hydrogen) atoms. The third-order valence-electron chi connectivity index (χ3n) is 4.47. The number of hydrogen-bond acceptors (Lipinski definition) is 6. The van der Waals surface area contributed by atoms with Gasteiger partial charge in [0.15, 0.2) is 0 Å². The molecule has 0 aliphatic carbocycles. The molecule has 0 atom stereocenters. The van der Waals surface area contributed by atoms with Crippen LogP contribution >= 0.6 is 23.2 Å². The summed E-state index contributed by atoms with van der Waals surface area (Å²) in [7, 11) is 1.48. The number of nitrogens with zero attached hydrogens (tertiary/aromatic N) is 3. The minimum Gasteiger partial charge on any atom is -0.399 e. The molecule has 1 heterocycles. The summed E-state index contributed by atoms with van der Waals surface area (Å²) in [5.41, 5.74) is 6.56. The molecule has 0 saturated carbocycles. The van der Waals surface area contributed by atoms with Gasteiger partial charge in [0.05, 0.1) is 16.7 Å². The van der Waals surface area contributed by atoms with Crippen LogP contribution in [-0.4, -0.2) is 30.2 Å². The van der Waals surface area contributed by atoms with E-state index < -0.39 is 11.7 Å². The van der Waals surface area contributed by atoms with Crippen molar-refractivity contribution in [2.75, 3.05) is 36.2 Å². The Labute approximate surface area is 193 Å². The van der Waals surface area contributed by atoms with Gasteiger partial charge in [0.25, 0.3) is 0 Å². The Morgan fingerprint density at radius 1 is 1.09 bits per heavy atom. The van der Waals surface area contributed by atoms with Crippen molar-refractivity contribution in [2.24, 2.45) is 0 Å². The lowest BCUT2D eigenvalue weighted by Gasteiger charge is -2.27. The largest absolute Gasteiger partial charge is 0.421 e. The number of nitrogens with one attached hydrogen (secondary N) is 1. The van der Waals surface area contributed by atoms with E-state index in [-0.39, 0.29) is 36.5 Å². The van der Waals surface area contributed by atoms with Crippen LogP contribution in [0.3, 0.4) is 0 Å². The Bertz CT molecular complexity index is 1060. The number of aromatic nitrogens is 2. The van der Waals surface area contributed by atoms with Gasteiger partial charge in [0.1, 0.15) is 11.4 Å². The first-order valence-corrected chi connectivity index (χ1v) is 10.2. The fraction of sp³-hybridized carbons (Fsp3) is 0.238. The van der Waals surface area contributed by atoms with Crippen LogP contribution in [-0.2, 0) is 17.5 Å². The van der Waals surface area contributed by atoms with Gasteiger partial charge in [-0.05, 0) is 35.9 Å². The quantitative estimate of drug-likeness (QED) is 0.393. The van der Waals surface area contributed by atoms with E-state index in [4.69, 9.17) is 33.7 Å². The number of nitrogen functional groups attached to an aromatic ring is 1. The predicted molar refractivity (Wildman–Crippen MR) is 121 cm³/mol. The van der Waals surface area contributed by atoms with E-state index in [0.29, 0.717) is 16.4 Å². The summed E-state index contributed by atoms with van der Waals surface area (Å²) in [5, 5.41) is 3.50. The van der Waals surface area contributed by atoms with Crippen LogP contribution in [0.15, 0.2) is 48.7 Å². The van der Waals surface area contributed by atoms with Gasteiger partial charge in [0, 0.05) is 37.8 Å². The van der Waals surface area contributed by atoms with Crippen molar-refractivity contribution in [3.05, 3.63) is 69.8 Å². The van der Waals surface area contributed by atoms with Crippen LogP contribution in [0.4, 0.5) is 36.3 Å². The zero-order valence-electron chi connectivity index (χ0n) is 17.0. The summed E-state index contributed by atoms with van der Waals surface area (Å²) >= 11 is 11.9. The Balaban J connectivity index is 2.00. The number of alkyl halides is 3. The first-order valence-electron chi connectivity index (χ1n) is 9.42. The average Bonchev–Trinajstić information content (AvgIpc) is 2.74. The van der Waals surface area contributed by atoms with Crippen molar-refractivity contribution < 1.29 is 17.9 Å². The van der Waals surface area contributed by atoms with E-state index in [1.165, 1.54) is 18.1 Å². The van der Waals surface area contributed by atoms with E-state index in [2.05, 4.69) is 15.3 Å². The van der Waals surface area contributed by atoms with E-state index in [1.54, 1.807) is 36.4 Å². The highest BCUT2D eigenvalue weighted by molar-refractivity contribution is 6.42. The lowest BCUT2D eigenvalue weighted by Crippen LogP contribution is -2.30. The number of benzene rings is 2. The maximum atomic E-state index is 13.8. The summed E-state index contributed by atoms with van der Waals surface area (Å²) in [6.45, 7) is 0.537. The van der Waals surface area contributed by atoms with Gasteiger partial charge < -0.3 is 20.7 Å². The van der Waals surface area contributed by atoms with Crippen LogP contribution in [0, 0.1) is 0 Å². The molecule has 0 aliphatic rings. The standard InChI is InChI=1S/C21H20Cl2F3N5O/c1-32-9-8-31(12-13-2-4-14(27)5-3-13)19-16(21(24,25)26)11-28-20(30-19)29-15-6-7-17(22)18(23)10-15/h2-7,10-11H,8-9,12,27H2,1H3,(H,28,29,30). The second-order valence-electron chi connectivity index (χ2n) is 6.84. The lowest BCUT2D eigenvalue weighted by atomic mass is 10.2.